The van der Waals surface area contributed by atoms with Gasteiger partial charge in [-0.3, -0.25) is 4.79 Å². The second-order valence-electron chi connectivity index (χ2n) is 5.37. The highest BCUT2D eigenvalue weighted by molar-refractivity contribution is 7.12. The van der Waals surface area contributed by atoms with E-state index in [9.17, 15) is 4.79 Å². The lowest BCUT2D eigenvalue weighted by atomic mass is 10.1. The first-order chi connectivity index (χ1) is 9.97. The van der Waals surface area contributed by atoms with Crippen LogP contribution in [0.1, 0.15) is 47.6 Å². The Bertz CT molecular complexity index is 619. The van der Waals surface area contributed by atoms with E-state index in [0.717, 1.165) is 21.8 Å². The normalized spacial score (nSPS) is 12.2. The molecular formula is C17H21NO2S. The van der Waals surface area contributed by atoms with Crippen molar-refractivity contribution in [1.29, 1.82) is 0 Å². The maximum Gasteiger partial charge on any atom is 0.262 e. The van der Waals surface area contributed by atoms with E-state index < -0.39 is 0 Å². The summed E-state index contributed by atoms with van der Waals surface area (Å²) in [6.07, 6.45) is 0.138. The van der Waals surface area contributed by atoms with E-state index in [2.05, 4.69) is 5.32 Å². The Morgan fingerprint density at radius 3 is 2.62 bits per heavy atom. The van der Waals surface area contributed by atoms with E-state index in [4.69, 9.17) is 4.74 Å². The van der Waals surface area contributed by atoms with Gasteiger partial charge in [0.15, 0.2) is 0 Å². The summed E-state index contributed by atoms with van der Waals surface area (Å²) in [5.41, 5.74) is 2.05. The van der Waals surface area contributed by atoms with Gasteiger partial charge in [0.1, 0.15) is 5.75 Å². The van der Waals surface area contributed by atoms with Gasteiger partial charge in [0.2, 0.25) is 0 Å². The molecule has 0 bridgehead atoms. The van der Waals surface area contributed by atoms with Crippen LogP contribution in [0.3, 0.4) is 0 Å². The van der Waals surface area contributed by atoms with Crippen LogP contribution in [0, 0.1) is 6.92 Å². The molecule has 0 fully saturated rings. The maximum atomic E-state index is 12.2. The summed E-state index contributed by atoms with van der Waals surface area (Å²) in [5.74, 6) is 0.807. The summed E-state index contributed by atoms with van der Waals surface area (Å²) >= 11 is 1.47. The molecule has 3 nitrogen and oxygen atoms in total. The Balaban J connectivity index is 2.08. The smallest absolute Gasteiger partial charge is 0.262 e. The summed E-state index contributed by atoms with van der Waals surface area (Å²) in [4.78, 5) is 13.0. The van der Waals surface area contributed by atoms with Crippen LogP contribution in [-0.2, 0) is 0 Å². The molecular weight excluding hydrogens is 282 g/mol. The van der Waals surface area contributed by atoms with Crippen molar-refractivity contribution in [2.45, 2.75) is 39.8 Å². The molecule has 1 heterocycles. The Morgan fingerprint density at radius 1 is 1.24 bits per heavy atom. The van der Waals surface area contributed by atoms with Crippen molar-refractivity contribution >= 4 is 17.2 Å². The average Bonchev–Trinajstić information content (AvgIpc) is 2.84. The lowest BCUT2D eigenvalue weighted by Crippen LogP contribution is -2.26. The van der Waals surface area contributed by atoms with Crippen molar-refractivity contribution in [3.05, 3.63) is 51.7 Å². The number of aryl methyl sites for hydroxylation is 1. The highest BCUT2D eigenvalue weighted by Gasteiger charge is 2.14. The highest BCUT2D eigenvalue weighted by Crippen LogP contribution is 2.22. The fraction of sp³-hybridized carbons (Fsp3) is 0.353. The van der Waals surface area contributed by atoms with Gasteiger partial charge in [0, 0.05) is 0 Å². The first kappa shape index (κ1) is 15.6. The zero-order valence-corrected chi connectivity index (χ0v) is 13.7. The molecule has 0 spiro atoms. The predicted molar refractivity (Wildman–Crippen MR) is 87.1 cm³/mol. The van der Waals surface area contributed by atoms with Gasteiger partial charge in [-0.05, 0) is 62.4 Å². The molecule has 21 heavy (non-hydrogen) atoms. The number of thiophene rings is 1. The van der Waals surface area contributed by atoms with Crippen LogP contribution in [0.5, 0.6) is 5.75 Å². The third kappa shape index (κ3) is 4.08. The van der Waals surface area contributed by atoms with Crippen LogP contribution < -0.4 is 10.1 Å². The largest absolute Gasteiger partial charge is 0.491 e. The van der Waals surface area contributed by atoms with E-state index in [1.165, 1.54) is 11.3 Å². The van der Waals surface area contributed by atoms with E-state index >= 15 is 0 Å². The number of rotatable bonds is 5. The molecule has 0 aliphatic rings. The summed E-state index contributed by atoms with van der Waals surface area (Å²) in [6, 6.07) is 9.76. The fourth-order valence-electron chi connectivity index (χ4n) is 2.08. The van der Waals surface area contributed by atoms with Crippen LogP contribution in [0.15, 0.2) is 35.7 Å². The average molecular weight is 303 g/mol. The number of carbonyl (C=O) groups excluding carboxylic acids is 1. The fourth-order valence-corrected chi connectivity index (χ4v) is 2.91. The number of amides is 1. The quantitative estimate of drug-likeness (QED) is 0.892. The van der Waals surface area contributed by atoms with Crippen LogP contribution in [0.4, 0.5) is 0 Å². The zero-order chi connectivity index (χ0) is 15.4. The summed E-state index contributed by atoms with van der Waals surface area (Å²) in [7, 11) is 0. The standard InChI is InChI=1S/C17H21NO2S/c1-11(2)20-15-7-5-6-14(10-15)13(4)18-17(19)16-12(3)8-9-21-16/h5-11,13H,1-4H3,(H,18,19)/t13-/m0/s1. The monoisotopic (exact) mass is 303 g/mol. The first-order valence-corrected chi connectivity index (χ1v) is 7.97. The van der Waals surface area contributed by atoms with Crippen molar-refractivity contribution in [3.8, 4) is 5.75 Å². The van der Waals surface area contributed by atoms with Crippen molar-refractivity contribution in [2.24, 2.45) is 0 Å². The van der Waals surface area contributed by atoms with Crippen molar-refractivity contribution in [2.75, 3.05) is 0 Å². The van der Waals surface area contributed by atoms with Crippen molar-refractivity contribution in [1.82, 2.24) is 5.32 Å². The van der Waals surface area contributed by atoms with Crippen LogP contribution in [0.25, 0.3) is 0 Å². The molecule has 0 aliphatic heterocycles. The second kappa shape index (κ2) is 6.76. The van der Waals surface area contributed by atoms with E-state index in [-0.39, 0.29) is 18.1 Å². The molecule has 2 aromatic rings. The topological polar surface area (TPSA) is 38.3 Å². The lowest BCUT2D eigenvalue weighted by molar-refractivity contribution is 0.0943. The van der Waals surface area contributed by atoms with Gasteiger partial charge in [-0.1, -0.05) is 12.1 Å². The molecule has 1 aromatic carbocycles. The van der Waals surface area contributed by atoms with Crippen LogP contribution >= 0.6 is 11.3 Å². The number of hydrogen-bond donors (Lipinski definition) is 1. The molecule has 0 saturated heterocycles. The van der Waals surface area contributed by atoms with Crippen LogP contribution in [0.2, 0.25) is 0 Å². The minimum absolute atomic E-state index is 0.0230. The van der Waals surface area contributed by atoms with Crippen LogP contribution in [-0.4, -0.2) is 12.0 Å². The Morgan fingerprint density at radius 2 is 2.00 bits per heavy atom. The predicted octanol–water partition coefficient (Wildman–Crippen LogP) is 4.33. The minimum atomic E-state index is -0.0605. The zero-order valence-electron chi connectivity index (χ0n) is 12.8. The van der Waals surface area contributed by atoms with Gasteiger partial charge >= 0.3 is 0 Å². The Hall–Kier alpha value is -1.81. The molecule has 1 amide bonds. The second-order valence-corrected chi connectivity index (χ2v) is 6.28. The highest BCUT2D eigenvalue weighted by atomic mass is 32.1. The van der Waals surface area contributed by atoms with Gasteiger partial charge in [0.05, 0.1) is 17.0 Å². The number of hydrogen-bond acceptors (Lipinski definition) is 3. The summed E-state index contributed by atoms with van der Waals surface area (Å²) in [5, 5.41) is 4.97. The van der Waals surface area contributed by atoms with Gasteiger partial charge in [-0.2, -0.15) is 0 Å². The molecule has 1 atom stereocenters. The van der Waals surface area contributed by atoms with E-state index in [1.807, 2.05) is 63.4 Å². The van der Waals surface area contributed by atoms with Gasteiger partial charge < -0.3 is 10.1 Å². The number of carbonyl (C=O) groups is 1. The molecule has 2 rings (SSSR count). The molecule has 1 N–H and O–H groups in total. The number of ether oxygens (including phenoxy) is 1. The molecule has 0 radical (unpaired) electrons. The van der Waals surface area contributed by atoms with E-state index in [0.29, 0.717) is 0 Å². The van der Waals surface area contributed by atoms with Crippen molar-refractivity contribution < 1.29 is 9.53 Å². The Labute approximate surface area is 130 Å². The third-order valence-corrected chi connectivity index (χ3v) is 4.16. The molecule has 0 unspecified atom stereocenters. The van der Waals surface area contributed by atoms with Gasteiger partial charge in [0.25, 0.3) is 5.91 Å². The Kier molecular flexibility index (Phi) is 5.02. The molecule has 0 saturated carbocycles. The van der Waals surface area contributed by atoms with Gasteiger partial charge in [-0.15, -0.1) is 11.3 Å². The third-order valence-electron chi connectivity index (χ3n) is 3.15. The number of benzene rings is 1. The summed E-state index contributed by atoms with van der Waals surface area (Å²) in [6.45, 7) is 7.93. The summed E-state index contributed by atoms with van der Waals surface area (Å²) < 4.78 is 5.69. The van der Waals surface area contributed by atoms with Gasteiger partial charge in [-0.25, -0.2) is 0 Å². The van der Waals surface area contributed by atoms with Crippen molar-refractivity contribution in [3.63, 3.8) is 0 Å². The first-order valence-electron chi connectivity index (χ1n) is 7.09. The van der Waals surface area contributed by atoms with E-state index in [1.54, 1.807) is 0 Å². The molecule has 112 valence electrons. The molecule has 1 aromatic heterocycles. The SMILES string of the molecule is Cc1ccsc1C(=O)N[C@@H](C)c1cccc(OC(C)C)c1. The minimum Gasteiger partial charge on any atom is -0.491 e. The number of nitrogens with one attached hydrogen (secondary N) is 1. The maximum absolute atomic E-state index is 12.2. The molecule has 0 aliphatic carbocycles. The molecule has 4 heteroatoms. The lowest BCUT2D eigenvalue weighted by Gasteiger charge is -2.16.